The van der Waals surface area contributed by atoms with Gasteiger partial charge in [0.15, 0.2) is 11.2 Å². The molecule has 0 spiro atoms. The lowest BCUT2D eigenvalue weighted by Crippen LogP contribution is -2.39. The quantitative estimate of drug-likeness (QED) is 0.719. The van der Waals surface area contributed by atoms with Gasteiger partial charge in [0.05, 0.1) is 0 Å². The number of aryl methyl sites for hydroxylation is 3. The number of hydrogen-bond acceptors (Lipinski definition) is 3. The predicted octanol–water partition coefficient (Wildman–Crippen LogP) is 0.888. The highest BCUT2D eigenvalue weighted by Crippen LogP contribution is 2.15. The fraction of sp³-hybridized carbons (Fsp3) is 0.500. The van der Waals surface area contributed by atoms with Crippen molar-refractivity contribution in [1.29, 1.82) is 0 Å². The SMILES string of the molecule is CCCn1c(=O)c2c(nc3n(CC)c(C)cn23)n(C)c1=O. The van der Waals surface area contributed by atoms with Gasteiger partial charge in [-0.1, -0.05) is 6.92 Å². The summed E-state index contributed by atoms with van der Waals surface area (Å²) in [6, 6.07) is 0. The number of imidazole rings is 2. The molecule has 0 bridgehead atoms. The first-order chi connectivity index (χ1) is 10.0. The molecule has 3 rings (SSSR count). The highest BCUT2D eigenvalue weighted by atomic mass is 16.2. The van der Waals surface area contributed by atoms with Crippen LogP contribution in [0.25, 0.3) is 16.9 Å². The van der Waals surface area contributed by atoms with E-state index < -0.39 is 0 Å². The van der Waals surface area contributed by atoms with Gasteiger partial charge < -0.3 is 4.57 Å². The number of hydrogen-bond donors (Lipinski definition) is 0. The summed E-state index contributed by atoms with van der Waals surface area (Å²) < 4.78 is 6.56. The van der Waals surface area contributed by atoms with E-state index in [2.05, 4.69) is 4.98 Å². The second kappa shape index (κ2) is 4.61. The van der Waals surface area contributed by atoms with Crippen LogP contribution in [-0.2, 0) is 20.1 Å². The zero-order valence-electron chi connectivity index (χ0n) is 12.8. The number of fused-ring (bicyclic) bond motifs is 3. The maximum absolute atomic E-state index is 12.7. The van der Waals surface area contributed by atoms with Crippen molar-refractivity contribution in [2.24, 2.45) is 7.05 Å². The molecule has 0 atom stereocenters. The minimum absolute atomic E-state index is 0.268. The molecule has 0 aliphatic heterocycles. The predicted molar refractivity (Wildman–Crippen MR) is 80.9 cm³/mol. The fourth-order valence-corrected chi connectivity index (χ4v) is 2.87. The van der Waals surface area contributed by atoms with E-state index in [-0.39, 0.29) is 11.2 Å². The van der Waals surface area contributed by atoms with Crippen molar-refractivity contribution in [3.63, 3.8) is 0 Å². The third-order valence-corrected chi connectivity index (χ3v) is 3.90. The van der Waals surface area contributed by atoms with Gasteiger partial charge in [-0.25, -0.2) is 4.79 Å². The van der Waals surface area contributed by atoms with Gasteiger partial charge >= 0.3 is 5.69 Å². The van der Waals surface area contributed by atoms with Crippen LogP contribution in [0.1, 0.15) is 26.0 Å². The Bertz CT molecular complexity index is 954. The van der Waals surface area contributed by atoms with Crippen LogP contribution < -0.4 is 11.2 Å². The molecule has 21 heavy (non-hydrogen) atoms. The lowest BCUT2D eigenvalue weighted by Gasteiger charge is -2.06. The summed E-state index contributed by atoms with van der Waals surface area (Å²) in [5, 5.41) is 0. The number of aromatic nitrogens is 5. The highest BCUT2D eigenvalue weighted by molar-refractivity contribution is 5.75. The van der Waals surface area contributed by atoms with E-state index in [4.69, 9.17) is 0 Å². The molecular formula is C14H19N5O2. The van der Waals surface area contributed by atoms with Crippen molar-refractivity contribution in [3.8, 4) is 0 Å². The molecule has 0 unspecified atom stereocenters. The lowest BCUT2D eigenvalue weighted by molar-refractivity contribution is 0.592. The Morgan fingerprint density at radius 1 is 1.19 bits per heavy atom. The molecule has 3 heterocycles. The fourth-order valence-electron chi connectivity index (χ4n) is 2.87. The molecule has 0 fully saturated rings. The Kier molecular flexibility index (Phi) is 3.00. The Hall–Kier alpha value is -2.31. The maximum atomic E-state index is 12.7. The van der Waals surface area contributed by atoms with E-state index >= 15 is 0 Å². The van der Waals surface area contributed by atoms with Gasteiger partial charge in [0, 0.05) is 32.0 Å². The summed E-state index contributed by atoms with van der Waals surface area (Å²) >= 11 is 0. The molecule has 3 aromatic heterocycles. The van der Waals surface area contributed by atoms with E-state index in [1.54, 1.807) is 11.4 Å². The van der Waals surface area contributed by atoms with E-state index in [1.807, 2.05) is 31.5 Å². The summed E-state index contributed by atoms with van der Waals surface area (Å²) in [7, 11) is 1.66. The Labute approximate surface area is 121 Å². The average Bonchev–Trinajstić information content (AvgIpc) is 2.95. The van der Waals surface area contributed by atoms with Crippen LogP contribution in [0.4, 0.5) is 0 Å². The molecule has 3 aromatic rings. The highest BCUT2D eigenvalue weighted by Gasteiger charge is 2.19. The van der Waals surface area contributed by atoms with Crippen molar-refractivity contribution >= 4 is 16.9 Å². The monoisotopic (exact) mass is 289 g/mol. The van der Waals surface area contributed by atoms with Crippen LogP contribution in [0.3, 0.4) is 0 Å². The second-order valence-corrected chi connectivity index (χ2v) is 5.27. The summed E-state index contributed by atoms with van der Waals surface area (Å²) in [4.78, 5) is 29.4. The summed E-state index contributed by atoms with van der Waals surface area (Å²) in [6.07, 6.45) is 2.63. The Balaban J connectivity index is 2.56. The Morgan fingerprint density at radius 2 is 1.90 bits per heavy atom. The van der Waals surface area contributed by atoms with Crippen LogP contribution in [0, 0.1) is 6.92 Å². The standard InChI is InChI=1S/C14H19N5O2/c1-5-7-18-12(20)10-11(16(4)14(18)21)15-13-17(6-2)9(3)8-19(10)13/h8H,5-7H2,1-4H3. The van der Waals surface area contributed by atoms with E-state index in [0.29, 0.717) is 23.5 Å². The maximum Gasteiger partial charge on any atom is 0.332 e. The van der Waals surface area contributed by atoms with Gasteiger partial charge in [-0.05, 0) is 20.3 Å². The molecule has 0 saturated carbocycles. The molecule has 0 N–H and O–H groups in total. The molecule has 0 amide bonds. The van der Waals surface area contributed by atoms with Gasteiger partial charge in [-0.2, -0.15) is 4.98 Å². The van der Waals surface area contributed by atoms with Crippen molar-refractivity contribution in [1.82, 2.24) is 23.1 Å². The Morgan fingerprint density at radius 3 is 2.52 bits per heavy atom. The van der Waals surface area contributed by atoms with Crippen molar-refractivity contribution in [3.05, 3.63) is 32.7 Å². The minimum atomic E-state index is -0.310. The van der Waals surface area contributed by atoms with Crippen LogP contribution >= 0.6 is 0 Å². The molecule has 0 saturated heterocycles. The first kappa shape index (κ1) is 13.7. The topological polar surface area (TPSA) is 66.2 Å². The van der Waals surface area contributed by atoms with Crippen molar-refractivity contribution in [2.45, 2.75) is 40.3 Å². The third kappa shape index (κ3) is 1.69. The van der Waals surface area contributed by atoms with E-state index in [1.165, 1.54) is 9.13 Å². The van der Waals surface area contributed by atoms with Crippen molar-refractivity contribution in [2.75, 3.05) is 0 Å². The molecule has 112 valence electrons. The molecule has 0 aliphatic rings. The molecular weight excluding hydrogens is 270 g/mol. The molecule has 7 heteroatoms. The molecule has 0 radical (unpaired) electrons. The van der Waals surface area contributed by atoms with Crippen LogP contribution in [0.2, 0.25) is 0 Å². The van der Waals surface area contributed by atoms with Crippen LogP contribution in [0.5, 0.6) is 0 Å². The minimum Gasteiger partial charge on any atom is -0.314 e. The van der Waals surface area contributed by atoms with Crippen LogP contribution in [-0.4, -0.2) is 23.1 Å². The van der Waals surface area contributed by atoms with Gasteiger partial charge in [0.25, 0.3) is 5.56 Å². The van der Waals surface area contributed by atoms with E-state index in [0.717, 1.165) is 18.7 Å². The van der Waals surface area contributed by atoms with Gasteiger partial charge in [0.1, 0.15) is 0 Å². The molecule has 0 aromatic carbocycles. The second-order valence-electron chi connectivity index (χ2n) is 5.27. The van der Waals surface area contributed by atoms with Crippen molar-refractivity contribution < 1.29 is 0 Å². The van der Waals surface area contributed by atoms with Gasteiger partial charge in [-0.3, -0.25) is 18.3 Å². The first-order valence-electron chi connectivity index (χ1n) is 7.19. The summed E-state index contributed by atoms with van der Waals surface area (Å²) in [6.45, 7) is 7.14. The normalized spacial score (nSPS) is 11.8. The van der Waals surface area contributed by atoms with Gasteiger partial charge in [0.2, 0.25) is 5.78 Å². The molecule has 0 aliphatic carbocycles. The smallest absolute Gasteiger partial charge is 0.314 e. The zero-order valence-corrected chi connectivity index (χ0v) is 12.8. The summed E-state index contributed by atoms with van der Waals surface area (Å²) in [5.74, 6) is 0.700. The zero-order chi connectivity index (χ0) is 15.3. The number of nitrogens with zero attached hydrogens (tertiary/aromatic N) is 5. The third-order valence-electron chi connectivity index (χ3n) is 3.90. The lowest BCUT2D eigenvalue weighted by atomic mass is 10.4. The number of rotatable bonds is 3. The average molecular weight is 289 g/mol. The summed E-state index contributed by atoms with van der Waals surface area (Å²) in [5.41, 5.74) is 1.37. The van der Waals surface area contributed by atoms with E-state index in [9.17, 15) is 9.59 Å². The molecule has 7 nitrogen and oxygen atoms in total. The first-order valence-corrected chi connectivity index (χ1v) is 7.19. The van der Waals surface area contributed by atoms with Crippen LogP contribution in [0.15, 0.2) is 15.8 Å². The largest absolute Gasteiger partial charge is 0.332 e. The van der Waals surface area contributed by atoms with Gasteiger partial charge in [-0.15, -0.1) is 0 Å².